The molecule has 36 heavy (non-hydrogen) atoms. The Morgan fingerprint density at radius 3 is 1.39 bits per heavy atom. The average Bonchev–Trinajstić information content (AvgIpc) is 2.88. The third-order valence-electron chi connectivity index (χ3n) is 5.05. The summed E-state index contributed by atoms with van der Waals surface area (Å²) in [5, 5.41) is 5.51. The highest BCUT2D eigenvalue weighted by Gasteiger charge is 2.26. The van der Waals surface area contributed by atoms with E-state index in [0.29, 0.717) is 33.8 Å². The molecule has 2 unspecified atom stereocenters. The molecule has 0 aliphatic heterocycles. The summed E-state index contributed by atoms with van der Waals surface area (Å²) >= 11 is 2.83. The molecule has 194 valence electrons. The maximum absolute atomic E-state index is 13.2. The third-order valence-corrected chi connectivity index (χ3v) is 6.39. The molecule has 0 bridgehead atoms. The highest BCUT2D eigenvalue weighted by Crippen LogP contribution is 2.27. The Balaban J connectivity index is 2.39. The lowest BCUT2D eigenvalue weighted by Gasteiger charge is -2.19. The van der Waals surface area contributed by atoms with Crippen molar-refractivity contribution < 1.29 is 28.7 Å². The molecule has 0 fully saturated rings. The number of carbonyl (C=O) groups excluding carboxylic acids is 4. The molecule has 0 aromatic heterocycles. The Kier molecular flexibility index (Phi) is 12.4. The number of esters is 2. The van der Waals surface area contributed by atoms with Gasteiger partial charge >= 0.3 is 11.9 Å². The zero-order valence-corrected chi connectivity index (χ0v) is 22.5. The summed E-state index contributed by atoms with van der Waals surface area (Å²) in [6.45, 7) is 3.83. The molecule has 0 spiro atoms. The van der Waals surface area contributed by atoms with Crippen LogP contribution in [0.15, 0.2) is 48.5 Å². The van der Waals surface area contributed by atoms with Gasteiger partial charge in [-0.15, -0.1) is 0 Å². The minimum atomic E-state index is -0.809. The van der Waals surface area contributed by atoms with E-state index in [9.17, 15) is 19.2 Å². The maximum atomic E-state index is 13.2. The number of thioether (sulfide) groups is 2. The maximum Gasteiger partial charge on any atom is 0.329 e. The number of hydrogen-bond acceptors (Lipinski definition) is 8. The molecule has 0 aliphatic rings. The Hall–Kier alpha value is -2.98. The first kappa shape index (κ1) is 29.3. The summed E-state index contributed by atoms with van der Waals surface area (Å²) in [5.41, 5.74) is 1.65. The van der Waals surface area contributed by atoms with Crippen LogP contribution < -0.4 is 10.6 Å². The first-order valence-electron chi connectivity index (χ1n) is 11.5. The SMILES string of the molecule is CCOC(=O)C(CSC)NC(=O)c1ccccc1-c1ccccc1C(=O)NC(CSC)C(=O)OCC. The number of rotatable bonds is 13. The summed E-state index contributed by atoms with van der Waals surface area (Å²) in [4.78, 5) is 51.1. The van der Waals surface area contributed by atoms with E-state index in [-0.39, 0.29) is 13.2 Å². The van der Waals surface area contributed by atoms with E-state index < -0.39 is 35.8 Å². The van der Waals surface area contributed by atoms with E-state index in [1.807, 2.05) is 12.5 Å². The molecule has 2 aromatic carbocycles. The number of carbonyl (C=O) groups is 4. The summed E-state index contributed by atoms with van der Waals surface area (Å²) in [6, 6.07) is 12.1. The normalized spacial score (nSPS) is 12.2. The van der Waals surface area contributed by atoms with Gasteiger partial charge in [0.15, 0.2) is 0 Å². The molecule has 0 radical (unpaired) electrons. The Morgan fingerprint density at radius 1 is 0.694 bits per heavy atom. The number of ether oxygens (including phenoxy) is 2. The number of amides is 2. The van der Waals surface area contributed by atoms with E-state index in [0.717, 1.165) is 0 Å². The van der Waals surface area contributed by atoms with Gasteiger partial charge in [-0.3, -0.25) is 9.59 Å². The molecule has 0 heterocycles. The highest BCUT2D eigenvalue weighted by atomic mass is 32.2. The molecule has 8 nitrogen and oxygen atoms in total. The molecular weight excluding hydrogens is 500 g/mol. The van der Waals surface area contributed by atoms with Crippen molar-refractivity contribution in [3.63, 3.8) is 0 Å². The van der Waals surface area contributed by atoms with Crippen molar-refractivity contribution in [2.45, 2.75) is 25.9 Å². The van der Waals surface area contributed by atoms with Crippen molar-refractivity contribution in [3.8, 4) is 11.1 Å². The monoisotopic (exact) mass is 532 g/mol. The molecule has 2 amide bonds. The molecule has 2 N–H and O–H groups in total. The first-order chi connectivity index (χ1) is 17.4. The Bertz CT molecular complexity index is 979. The van der Waals surface area contributed by atoms with Gasteiger partial charge in [0.1, 0.15) is 12.1 Å². The lowest BCUT2D eigenvalue weighted by molar-refractivity contribution is -0.145. The standard InChI is InChI=1S/C26H32N2O6S2/c1-5-33-25(31)21(15-35-3)27-23(29)19-13-9-7-11-17(19)18-12-8-10-14-20(18)24(30)28-22(16-36-4)26(32)34-6-2/h7-14,21-22H,5-6,15-16H2,1-4H3,(H,27,29)(H,28,30). The first-order valence-corrected chi connectivity index (χ1v) is 14.3. The van der Waals surface area contributed by atoms with E-state index >= 15 is 0 Å². The van der Waals surface area contributed by atoms with Crippen molar-refractivity contribution in [1.82, 2.24) is 10.6 Å². The van der Waals surface area contributed by atoms with Crippen LogP contribution in [0.2, 0.25) is 0 Å². The molecule has 2 rings (SSSR count). The fraction of sp³-hybridized carbons (Fsp3) is 0.385. The summed E-state index contributed by atoms with van der Waals surface area (Å²) in [7, 11) is 0. The van der Waals surface area contributed by atoms with Gasteiger partial charge in [0.05, 0.1) is 13.2 Å². The van der Waals surface area contributed by atoms with Gasteiger partial charge in [-0.2, -0.15) is 23.5 Å². The third kappa shape index (κ3) is 8.03. The smallest absolute Gasteiger partial charge is 0.329 e. The van der Waals surface area contributed by atoms with Crippen LogP contribution in [0.25, 0.3) is 11.1 Å². The van der Waals surface area contributed by atoms with E-state index in [1.165, 1.54) is 23.5 Å². The summed E-state index contributed by atoms with van der Waals surface area (Å²) in [6.07, 6.45) is 3.67. The van der Waals surface area contributed by atoms with Crippen LogP contribution in [0, 0.1) is 0 Å². The minimum absolute atomic E-state index is 0.210. The van der Waals surface area contributed by atoms with Crippen molar-refractivity contribution >= 4 is 47.3 Å². The van der Waals surface area contributed by atoms with E-state index in [4.69, 9.17) is 9.47 Å². The van der Waals surface area contributed by atoms with Crippen LogP contribution >= 0.6 is 23.5 Å². The molecule has 10 heteroatoms. The lowest BCUT2D eigenvalue weighted by atomic mass is 9.94. The predicted octanol–water partition coefficient (Wildman–Crippen LogP) is 3.40. The number of benzene rings is 2. The van der Waals surface area contributed by atoms with Gasteiger partial charge in [0, 0.05) is 22.6 Å². The zero-order valence-electron chi connectivity index (χ0n) is 20.9. The van der Waals surface area contributed by atoms with Gasteiger partial charge in [-0.25, -0.2) is 9.59 Å². The quantitative estimate of drug-likeness (QED) is 0.378. The van der Waals surface area contributed by atoms with Gasteiger partial charge < -0.3 is 20.1 Å². The predicted molar refractivity (Wildman–Crippen MR) is 144 cm³/mol. The van der Waals surface area contributed by atoms with E-state index in [1.54, 1.807) is 62.4 Å². The second kappa shape index (κ2) is 15.2. The van der Waals surface area contributed by atoms with Crippen LogP contribution in [0.4, 0.5) is 0 Å². The molecule has 0 saturated carbocycles. The molecule has 0 aliphatic carbocycles. The van der Waals surface area contributed by atoms with Crippen LogP contribution in [0.1, 0.15) is 34.6 Å². The Morgan fingerprint density at radius 2 is 1.06 bits per heavy atom. The van der Waals surface area contributed by atoms with Crippen molar-refractivity contribution in [1.29, 1.82) is 0 Å². The highest BCUT2D eigenvalue weighted by molar-refractivity contribution is 7.98. The summed E-state index contributed by atoms with van der Waals surface area (Å²) < 4.78 is 10.2. The van der Waals surface area contributed by atoms with Gasteiger partial charge in [-0.1, -0.05) is 36.4 Å². The second-order valence-electron chi connectivity index (χ2n) is 7.56. The molecular formula is C26H32N2O6S2. The molecule has 2 atom stereocenters. The zero-order chi connectivity index (χ0) is 26.5. The van der Waals surface area contributed by atoms with Crippen molar-refractivity contribution in [3.05, 3.63) is 59.7 Å². The largest absolute Gasteiger partial charge is 0.464 e. The lowest BCUT2D eigenvalue weighted by Crippen LogP contribution is -2.44. The minimum Gasteiger partial charge on any atom is -0.464 e. The topological polar surface area (TPSA) is 111 Å². The number of nitrogens with one attached hydrogen (secondary N) is 2. The Labute approximate surface area is 220 Å². The molecule has 2 aromatic rings. The van der Waals surface area contributed by atoms with Crippen LogP contribution in [-0.4, -0.2) is 73.1 Å². The van der Waals surface area contributed by atoms with Crippen LogP contribution in [0.5, 0.6) is 0 Å². The van der Waals surface area contributed by atoms with Crippen LogP contribution in [-0.2, 0) is 19.1 Å². The fourth-order valence-electron chi connectivity index (χ4n) is 3.46. The van der Waals surface area contributed by atoms with Crippen LogP contribution in [0.3, 0.4) is 0 Å². The van der Waals surface area contributed by atoms with E-state index in [2.05, 4.69) is 10.6 Å². The summed E-state index contributed by atoms with van der Waals surface area (Å²) in [5.74, 6) is -1.21. The van der Waals surface area contributed by atoms with Gasteiger partial charge in [-0.05, 0) is 49.6 Å². The average molecular weight is 533 g/mol. The van der Waals surface area contributed by atoms with Crippen molar-refractivity contribution in [2.24, 2.45) is 0 Å². The number of hydrogen-bond donors (Lipinski definition) is 2. The van der Waals surface area contributed by atoms with Gasteiger partial charge in [0.25, 0.3) is 11.8 Å². The fourth-order valence-corrected chi connectivity index (χ4v) is 4.57. The molecule has 0 saturated heterocycles. The second-order valence-corrected chi connectivity index (χ2v) is 9.38. The van der Waals surface area contributed by atoms with Crippen molar-refractivity contribution in [2.75, 3.05) is 37.2 Å². The van der Waals surface area contributed by atoms with Gasteiger partial charge in [0.2, 0.25) is 0 Å².